The Hall–Kier alpha value is -2.02. The van der Waals surface area contributed by atoms with Gasteiger partial charge in [0, 0.05) is 31.7 Å². The Morgan fingerprint density at radius 1 is 0.846 bits per heavy atom. The van der Waals surface area contributed by atoms with Crippen LogP contribution in [0.25, 0.3) is 0 Å². The molecule has 2 aliphatic heterocycles. The first kappa shape index (κ1) is 28.5. The predicted molar refractivity (Wildman–Crippen MR) is 163 cm³/mol. The summed E-state index contributed by atoms with van der Waals surface area (Å²) in [4.78, 5) is 17.8. The van der Waals surface area contributed by atoms with Crippen LogP contribution < -0.4 is 0 Å². The molecule has 3 aromatic carbocycles. The SMILES string of the molecule is O=C(c1ccccc1)N1CCCC(SCCCN2CCC(O)(c3ccccc3)CC2)(c2ccc(Cl)c(Cl)c2)C1. The molecule has 4 nitrogen and oxygen atoms in total. The van der Waals surface area contributed by atoms with E-state index in [2.05, 4.69) is 11.0 Å². The van der Waals surface area contributed by atoms with Crippen molar-refractivity contribution in [3.8, 4) is 0 Å². The molecule has 1 N–H and O–H groups in total. The Bertz CT molecular complexity index is 1250. The average molecular weight is 584 g/mol. The van der Waals surface area contributed by atoms with E-state index < -0.39 is 5.60 Å². The summed E-state index contributed by atoms with van der Waals surface area (Å²) in [5.74, 6) is 1.06. The lowest BCUT2D eigenvalue weighted by Crippen LogP contribution is -2.47. The fourth-order valence-electron chi connectivity index (χ4n) is 5.91. The minimum atomic E-state index is -0.721. The first-order valence-corrected chi connectivity index (χ1v) is 15.6. The largest absolute Gasteiger partial charge is 0.385 e. The molecule has 2 saturated heterocycles. The number of amides is 1. The maximum atomic E-state index is 13.4. The van der Waals surface area contributed by atoms with E-state index in [1.54, 1.807) is 0 Å². The molecular weight excluding hydrogens is 547 g/mol. The summed E-state index contributed by atoms with van der Waals surface area (Å²) >= 11 is 14.7. The summed E-state index contributed by atoms with van der Waals surface area (Å²) in [6, 6.07) is 25.6. The number of hydrogen-bond acceptors (Lipinski definition) is 4. The monoisotopic (exact) mass is 582 g/mol. The van der Waals surface area contributed by atoms with E-state index in [0.29, 0.717) is 16.6 Å². The van der Waals surface area contributed by atoms with Gasteiger partial charge in [0.1, 0.15) is 0 Å². The molecule has 39 heavy (non-hydrogen) atoms. The van der Waals surface area contributed by atoms with Gasteiger partial charge in [-0.1, -0.05) is 77.8 Å². The van der Waals surface area contributed by atoms with Gasteiger partial charge in [0.25, 0.3) is 5.91 Å². The van der Waals surface area contributed by atoms with E-state index in [4.69, 9.17) is 23.2 Å². The number of hydrogen-bond donors (Lipinski definition) is 1. The quantitative estimate of drug-likeness (QED) is 0.284. The van der Waals surface area contributed by atoms with Crippen molar-refractivity contribution >= 4 is 40.9 Å². The van der Waals surface area contributed by atoms with E-state index in [1.807, 2.05) is 89.5 Å². The van der Waals surface area contributed by atoms with Crippen LogP contribution in [0.2, 0.25) is 10.0 Å². The second-order valence-electron chi connectivity index (χ2n) is 10.8. The van der Waals surface area contributed by atoms with Crippen molar-refractivity contribution in [1.29, 1.82) is 0 Å². The lowest BCUT2D eigenvalue weighted by Gasteiger charge is -2.43. The number of likely N-dealkylation sites (tertiary alicyclic amines) is 2. The molecule has 0 spiro atoms. The number of piperidine rings is 2. The van der Waals surface area contributed by atoms with E-state index >= 15 is 0 Å². The summed E-state index contributed by atoms with van der Waals surface area (Å²) in [6.45, 7) is 4.20. The Morgan fingerprint density at radius 3 is 2.23 bits per heavy atom. The molecule has 1 unspecified atom stereocenters. The molecule has 5 rings (SSSR count). The van der Waals surface area contributed by atoms with Crippen LogP contribution in [0, 0.1) is 0 Å². The molecule has 2 aliphatic rings. The number of carbonyl (C=O) groups is 1. The maximum Gasteiger partial charge on any atom is 0.253 e. The molecule has 2 fully saturated rings. The van der Waals surface area contributed by atoms with Gasteiger partial charge in [-0.25, -0.2) is 0 Å². The second-order valence-corrected chi connectivity index (χ2v) is 13.1. The van der Waals surface area contributed by atoms with E-state index in [1.165, 1.54) is 0 Å². The second kappa shape index (κ2) is 12.7. The van der Waals surface area contributed by atoms with Crippen LogP contribution in [-0.2, 0) is 10.3 Å². The number of halogens is 2. The van der Waals surface area contributed by atoms with Crippen molar-refractivity contribution in [3.05, 3.63) is 106 Å². The molecule has 206 valence electrons. The third-order valence-corrected chi connectivity index (χ3v) is 10.6. The summed E-state index contributed by atoms with van der Waals surface area (Å²) in [7, 11) is 0. The molecule has 2 heterocycles. The maximum absolute atomic E-state index is 13.4. The molecule has 0 bridgehead atoms. The first-order chi connectivity index (χ1) is 18.9. The smallest absolute Gasteiger partial charge is 0.253 e. The minimum Gasteiger partial charge on any atom is -0.385 e. The fourth-order valence-corrected chi connectivity index (χ4v) is 7.71. The van der Waals surface area contributed by atoms with Gasteiger partial charge >= 0.3 is 0 Å². The Balaban J connectivity index is 1.23. The van der Waals surface area contributed by atoms with Crippen LogP contribution in [-0.4, -0.2) is 59.3 Å². The highest BCUT2D eigenvalue weighted by atomic mass is 35.5. The predicted octanol–water partition coefficient (Wildman–Crippen LogP) is 7.23. The lowest BCUT2D eigenvalue weighted by molar-refractivity contribution is -0.0257. The van der Waals surface area contributed by atoms with Crippen molar-refractivity contribution in [2.45, 2.75) is 42.5 Å². The molecule has 0 radical (unpaired) electrons. The van der Waals surface area contributed by atoms with Gasteiger partial charge in [0.05, 0.1) is 20.4 Å². The van der Waals surface area contributed by atoms with Crippen molar-refractivity contribution in [3.63, 3.8) is 0 Å². The number of benzene rings is 3. The van der Waals surface area contributed by atoms with Gasteiger partial charge in [-0.05, 0) is 79.8 Å². The van der Waals surface area contributed by atoms with Gasteiger partial charge < -0.3 is 14.9 Å². The zero-order valence-electron chi connectivity index (χ0n) is 22.2. The number of aliphatic hydroxyl groups is 1. The fraction of sp³-hybridized carbons (Fsp3) is 0.406. The Morgan fingerprint density at radius 2 is 1.54 bits per heavy atom. The Kier molecular flexibility index (Phi) is 9.25. The van der Waals surface area contributed by atoms with Crippen molar-refractivity contribution in [2.24, 2.45) is 0 Å². The van der Waals surface area contributed by atoms with Crippen LogP contribution in [0.4, 0.5) is 0 Å². The van der Waals surface area contributed by atoms with Crippen LogP contribution in [0.1, 0.15) is 53.6 Å². The van der Waals surface area contributed by atoms with Crippen LogP contribution in [0.5, 0.6) is 0 Å². The zero-order chi connectivity index (χ0) is 27.3. The van der Waals surface area contributed by atoms with Crippen molar-refractivity contribution in [1.82, 2.24) is 9.80 Å². The van der Waals surface area contributed by atoms with E-state index in [0.717, 1.165) is 80.7 Å². The number of nitrogens with zero attached hydrogens (tertiary/aromatic N) is 2. The highest BCUT2D eigenvalue weighted by Gasteiger charge is 2.40. The van der Waals surface area contributed by atoms with Crippen molar-refractivity contribution in [2.75, 3.05) is 38.5 Å². The molecule has 0 aromatic heterocycles. The van der Waals surface area contributed by atoms with Crippen molar-refractivity contribution < 1.29 is 9.90 Å². The average Bonchev–Trinajstić information content (AvgIpc) is 2.98. The minimum absolute atomic E-state index is 0.0829. The molecule has 1 atom stereocenters. The molecule has 0 saturated carbocycles. The van der Waals surface area contributed by atoms with Gasteiger partial charge in [-0.2, -0.15) is 0 Å². The first-order valence-electron chi connectivity index (χ1n) is 13.8. The molecule has 0 aliphatic carbocycles. The molecule has 3 aromatic rings. The van der Waals surface area contributed by atoms with Gasteiger partial charge in [0.2, 0.25) is 0 Å². The van der Waals surface area contributed by atoms with Crippen LogP contribution in [0.15, 0.2) is 78.9 Å². The molecular formula is C32H36Cl2N2O2S. The highest BCUT2D eigenvalue weighted by molar-refractivity contribution is 8.00. The Labute approximate surface area is 246 Å². The summed E-state index contributed by atoms with van der Waals surface area (Å²) < 4.78 is -0.230. The van der Waals surface area contributed by atoms with Crippen LogP contribution in [0.3, 0.4) is 0 Å². The summed E-state index contributed by atoms with van der Waals surface area (Å²) in [5.41, 5.74) is 2.17. The standard InChI is InChI=1S/C32H36Cl2N2O2S/c33-28-14-13-27(23-29(28)34)32(15-7-19-36(24-32)30(37)25-9-3-1-4-10-25)39-22-8-18-35-20-16-31(38,17-21-35)26-11-5-2-6-12-26/h1-6,9-14,23,38H,7-8,15-22,24H2. The third kappa shape index (κ3) is 6.66. The van der Waals surface area contributed by atoms with E-state index in [-0.39, 0.29) is 10.7 Å². The highest BCUT2D eigenvalue weighted by Crippen LogP contribution is 2.46. The molecule has 1 amide bonds. The lowest BCUT2D eigenvalue weighted by atomic mass is 9.84. The molecule has 7 heteroatoms. The van der Waals surface area contributed by atoms with Crippen LogP contribution >= 0.6 is 35.0 Å². The van der Waals surface area contributed by atoms with Gasteiger partial charge in [0.15, 0.2) is 0 Å². The summed E-state index contributed by atoms with van der Waals surface area (Å²) in [6.07, 6.45) is 4.49. The number of rotatable bonds is 8. The van der Waals surface area contributed by atoms with E-state index in [9.17, 15) is 9.90 Å². The number of carbonyl (C=O) groups excluding carboxylic acids is 1. The van der Waals surface area contributed by atoms with Gasteiger partial charge in [-0.3, -0.25) is 4.79 Å². The zero-order valence-corrected chi connectivity index (χ0v) is 24.5. The summed E-state index contributed by atoms with van der Waals surface area (Å²) in [5, 5.41) is 12.3. The third-order valence-electron chi connectivity index (χ3n) is 8.20. The topological polar surface area (TPSA) is 43.8 Å². The number of thioether (sulfide) groups is 1. The normalized spacial score (nSPS) is 21.6. The van der Waals surface area contributed by atoms with Gasteiger partial charge in [-0.15, -0.1) is 11.8 Å².